The van der Waals surface area contributed by atoms with Gasteiger partial charge in [0.25, 0.3) is 11.1 Å². The molecule has 1 heterocycles. The van der Waals surface area contributed by atoms with E-state index in [2.05, 4.69) is 15.5 Å². The smallest absolute Gasteiger partial charge is 0.257 e. The Kier molecular flexibility index (Phi) is 5.55. The van der Waals surface area contributed by atoms with Crippen molar-refractivity contribution < 1.29 is 9.21 Å². The van der Waals surface area contributed by atoms with E-state index in [1.54, 1.807) is 18.0 Å². The van der Waals surface area contributed by atoms with Crippen molar-refractivity contribution in [3.8, 4) is 0 Å². The van der Waals surface area contributed by atoms with Gasteiger partial charge in [-0.1, -0.05) is 36.0 Å². The van der Waals surface area contributed by atoms with Crippen molar-refractivity contribution >= 4 is 46.7 Å². The largest absolute Gasteiger partial charge is 0.431 e. The predicted molar refractivity (Wildman–Crippen MR) is 98.7 cm³/mol. The summed E-state index contributed by atoms with van der Waals surface area (Å²) < 4.78 is 5.55. The highest BCUT2D eigenvalue weighted by atomic mass is 32.2. The molecule has 0 bridgehead atoms. The van der Waals surface area contributed by atoms with Crippen LogP contribution < -0.4 is 5.43 Å². The molecule has 0 atom stereocenters. The van der Waals surface area contributed by atoms with Gasteiger partial charge >= 0.3 is 0 Å². The number of carbonyl (C=O) groups is 1. The number of thioether (sulfide) groups is 2. The van der Waals surface area contributed by atoms with Gasteiger partial charge in [-0.25, -0.2) is 10.4 Å². The molecule has 0 unspecified atom stereocenters. The number of oxazole rings is 1. The van der Waals surface area contributed by atoms with Gasteiger partial charge in [-0.05, 0) is 36.1 Å². The van der Waals surface area contributed by atoms with Crippen molar-refractivity contribution in [3.05, 3.63) is 54.1 Å². The molecule has 0 saturated heterocycles. The highest BCUT2D eigenvalue weighted by Crippen LogP contribution is 2.22. The number of nitrogens with one attached hydrogen (secondary N) is 1. The Bertz CT molecular complexity index is 827. The quantitative estimate of drug-likeness (QED) is 0.413. The Morgan fingerprint density at radius 1 is 1.25 bits per heavy atom. The van der Waals surface area contributed by atoms with E-state index < -0.39 is 0 Å². The topological polar surface area (TPSA) is 67.5 Å². The maximum atomic E-state index is 11.8. The molecule has 0 aliphatic heterocycles. The maximum Gasteiger partial charge on any atom is 0.257 e. The summed E-state index contributed by atoms with van der Waals surface area (Å²) in [6.45, 7) is 0. The Morgan fingerprint density at radius 2 is 2.04 bits per heavy atom. The van der Waals surface area contributed by atoms with Crippen LogP contribution in [0.1, 0.15) is 5.56 Å². The lowest BCUT2D eigenvalue weighted by Gasteiger charge is -1.98. The van der Waals surface area contributed by atoms with Gasteiger partial charge in [0.1, 0.15) is 5.52 Å². The molecule has 0 radical (unpaired) electrons. The minimum absolute atomic E-state index is 0.190. The molecule has 3 rings (SSSR count). The van der Waals surface area contributed by atoms with E-state index in [-0.39, 0.29) is 11.7 Å². The molecule has 5 nitrogen and oxygen atoms in total. The third-order valence-electron chi connectivity index (χ3n) is 3.12. The molecule has 0 spiro atoms. The molecule has 2 aromatic carbocycles. The van der Waals surface area contributed by atoms with Crippen LogP contribution in [-0.2, 0) is 4.79 Å². The van der Waals surface area contributed by atoms with Crippen molar-refractivity contribution in [1.82, 2.24) is 10.4 Å². The van der Waals surface area contributed by atoms with Crippen molar-refractivity contribution in [3.63, 3.8) is 0 Å². The first-order valence-corrected chi connectivity index (χ1v) is 9.40. The van der Waals surface area contributed by atoms with Gasteiger partial charge in [-0.2, -0.15) is 5.10 Å². The standard InChI is InChI=1S/C17H15N3O2S2/c1-23-13-8-6-12(7-9-13)10-18-20-16(21)11-24-17-19-14-4-2-3-5-15(14)22-17/h2-10H,11H2,1H3,(H,20,21)/b18-10+. The van der Waals surface area contributed by atoms with E-state index >= 15 is 0 Å². The second-order valence-electron chi connectivity index (χ2n) is 4.80. The number of hydrogen-bond acceptors (Lipinski definition) is 6. The Morgan fingerprint density at radius 3 is 2.79 bits per heavy atom. The summed E-state index contributed by atoms with van der Waals surface area (Å²) in [6.07, 6.45) is 3.64. The van der Waals surface area contributed by atoms with Crippen LogP contribution in [0.5, 0.6) is 0 Å². The number of benzene rings is 2. The number of hydrazone groups is 1. The number of fused-ring (bicyclic) bond motifs is 1. The Labute approximate surface area is 147 Å². The first-order valence-electron chi connectivity index (χ1n) is 7.19. The van der Waals surface area contributed by atoms with Gasteiger partial charge in [0.05, 0.1) is 12.0 Å². The highest BCUT2D eigenvalue weighted by molar-refractivity contribution is 7.99. The molecule has 0 fully saturated rings. The van der Waals surface area contributed by atoms with E-state index in [9.17, 15) is 4.79 Å². The van der Waals surface area contributed by atoms with Crippen molar-refractivity contribution in [2.45, 2.75) is 10.1 Å². The first kappa shape index (κ1) is 16.6. The molecular formula is C17H15N3O2S2. The van der Waals surface area contributed by atoms with Gasteiger partial charge < -0.3 is 4.42 Å². The summed E-state index contributed by atoms with van der Waals surface area (Å²) in [4.78, 5) is 17.3. The Hall–Kier alpha value is -2.25. The fourth-order valence-electron chi connectivity index (χ4n) is 1.94. The lowest BCUT2D eigenvalue weighted by Crippen LogP contribution is -2.19. The van der Waals surface area contributed by atoms with Gasteiger partial charge in [0.2, 0.25) is 0 Å². The monoisotopic (exact) mass is 357 g/mol. The lowest BCUT2D eigenvalue weighted by molar-refractivity contribution is -0.118. The van der Waals surface area contributed by atoms with Crippen molar-refractivity contribution in [1.29, 1.82) is 0 Å². The van der Waals surface area contributed by atoms with Gasteiger partial charge in [-0.15, -0.1) is 11.8 Å². The molecule has 0 aliphatic carbocycles. The molecule has 24 heavy (non-hydrogen) atoms. The number of nitrogens with zero attached hydrogens (tertiary/aromatic N) is 2. The molecule has 0 aliphatic rings. The Balaban J connectivity index is 1.49. The predicted octanol–water partition coefficient (Wildman–Crippen LogP) is 3.79. The molecule has 1 N–H and O–H groups in total. The fourth-order valence-corrected chi connectivity index (χ4v) is 2.98. The van der Waals surface area contributed by atoms with E-state index in [1.165, 1.54) is 16.7 Å². The summed E-state index contributed by atoms with van der Waals surface area (Å²) in [7, 11) is 0. The summed E-state index contributed by atoms with van der Waals surface area (Å²) in [5.74, 6) is -0.0190. The van der Waals surface area contributed by atoms with Crippen LogP contribution >= 0.6 is 23.5 Å². The van der Waals surface area contributed by atoms with E-state index in [0.29, 0.717) is 10.8 Å². The molecule has 1 aromatic heterocycles. The summed E-state index contributed by atoms with van der Waals surface area (Å²) in [6, 6.07) is 15.4. The average Bonchev–Trinajstić information content (AvgIpc) is 3.03. The SMILES string of the molecule is CSc1ccc(/C=N/NC(=O)CSc2nc3ccccc3o2)cc1. The number of rotatable bonds is 6. The van der Waals surface area contributed by atoms with E-state index in [4.69, 9.17) is 4.42 Å². The molecule has 0 saturated carbocycles. The number of hydrogen-bond donors (Lipinski definition) is 1. The first-order chi connectivity index (χ1) is 11.7. The summed E-state index contributed by atoms with van der Waals surface area (Å²) in [5.41, 5.74) is 4.93. The number of amides is 1. The van der Waals surface area contributed by atoms with E-state index in [0.717, 1.165) is 11.1 Å². The summed E-state index contributed by atoms with van der Waals surface area (Å²) in [5, 5.41) is 4.43. The van der Waals surface area contributed by atoms with Gasteiger partial charge in [0, 0.05) is 4.90 Å². The molecule has 122 valence electrons. The van der Waals surface area contributed by atoms with Crippen LogP contribution in [0.3, 0.4) is 0 Å². The fraction of sp³-hybridized carbons (Fsp3) is 0.118. The number of para-hydroxylation sites is 2. The van der Waals surface area contributed by atoms with Crippen molar-refractivity contribution in [2.75, 3.05) is 12.0 Å². The van der Waals surface area contributed by atoms with Crippen LogP contribution in [0.15, 0.2) is 68.2 Å². The number of carbonyl (C=O) groups excluding carboxylic acids is 1. The maximum absolute atomic E-state index is 11.8. The lowest BCUT2D eigenvalue weighted by atomic mass is 10.2. The highest BCUT2D eigenvalue weighted by Gasteiger charge is 2.08. The number of aromatic nitrogens is 1. The van der Waals surface area contributed by atoms with Gasteiger partial charge in [0.15, 0.2) is 5.58 Å². The second-order valence-corrected chi connectivity index (χ2v) is 6.61. The van der Waals surface area contributed by atoms with Gasteiger partial charge in [-0.3, -0.25) is 4.79 Å². The zero-order chi connectivity index (χ0) is 16.8. The van der Waals surface area contributed by atoms with Crippen LogP contribution in [-0.4, -0.2) is 29.1 Å². The second kappa shape index (κ2) is 8.03. The third-order valence-corrected chi connectivity index (χ3v) is 4.69. The zero-order valence-corrected chi connectivity index (χ0v) is 14.6. The van der Waals surface area contributed by atoms with Crippen LogP contribution in [0.4, 0.5) is 0 Å². The summed E-state index contributed by atoms with van der Waals surface area (Å²) >= 11 is 2.92. The minimum atomic E-state index is -0.209. The minimum Gasteiger partial charge on any atom is -0.431 e. The molecule has 1 amide bonds. The van der Waals surface area contributed by atoms with E-state index in [1.807, 2.05) is 54.8 Å². The molecule has 3 aromatic rings. The van der Waals surface area contributed by atoms with Crippen LogP contribution in [0.25, 0.3) is 11.1 Å². The van der Waals surface area contributed by atoms with Crippen LogP contribution in [0.2, 0.25) is 0 Å². The average molecular weight is 357 g/mol. The van der Waals surface area contributed by atoms with Crippen molar-refractivity contribution in [2.24, 2.45) is 5.10 Å². The normalized spacial score (nSPS) is 11.2. The molecule has 7 heteroatoms. The zero-order valence-electron chi connectivity index (χ0n) is 12.9. The van der Waals surface area contributed by atoms with Crippen LogP contribution in [0, 0.1) is 0 Å². The molecular weight excluding hydrogens is 342 g/mol. The third kappa shape index (κ3) is 4.39.